The SMILES string of the molecule is COc1ccc(F)cc1C(O)c1cc(I)ccc1Br. The molecule has 0 amide bonds. The molecule has 0 heterocycles. The summed E-state index contributed by atoms with van der Waals surface area (Å²) in [5, 5.41) is 10.5. The first-order valence-electron chi connectivity index (χ1n) is 5.49. The number of rotatable bonds is 3. The van der Waals surface area contributed by atoms with Crippen molar-refractivity contribution in [1.29, 1.82) is 0 Å². The molecule has 5 heteroatoms. The number of halogens is 3. The Hall–Kier alpha value is -0.660. The molecule has 0 aromatic heterocycles. The van der Waals surface area contributed by atoms with E-state index in [0.29, 0.717) is 16.9 Å². The molecule has 0 bridgehead atoms. The Morgan fingerprint density at radius 2 is 1.95 bits per heavy atom. The van der Waals surface area contributed by atoms with Gasteiger partial charge in [0.1, 0.15) is 17.7 Å². The number of ether oxygens (including phenoxy) is 1. The van der Waals surface area contributed by atoms with Crippen LogP contribution < -0.4 is 4.74 Å². The van der Waals surface area contributed by atoms with Gasteiger partial charge in [0.2, 0.25) is 0 Å². The molecule has 1 N–H and O–H groups in total. The second kappa shape index (κ2) is 6.19. The maximum absolute atomic E-state index is 13.4. The summed E-state index contributed by atoms with van der Waals surface area (Å²) in [4.78, 5) is 0. The van der Waals surface area contributed by atoms with E-state index in [0.717, 1.165) is 8.04 Å². The van der Waals surface area contributed by atoms with Gasteiger partial charge in [-0.25, -0.2) is 4.39 Å². The van der Waals surface area contributed by atoms with E-state index >= 15 is 0 Å². The van der Waals surface area contributed by atoms with Crippen molar-refractivity contribution in [3.05, 3.63) is 61.4 Å². The van der Waals surface area contributed by atoms with Gasteiger partial charge < -0.3 is 9.84 Å². The molecular weight excluding hydrogens is 426 g/mol. The third-order valence-corrected chi connectivity index (χ3v) is 4.13. The van der Waals surface area contributed by atoms with Crippen LogP contribution in [0, 0.1) is 9.39 Å². The summed E-state index contributed by atoms with van der Waals surface area (Å²) in [5.41, 5.74) is 1.08. The molecule has 0 aliphatic rings. The first-order valence-corrected chi connectivity index (χ1v) is 7.36. The van der Waals surface area contributed by atoms with Crippen molar-refractivity contribution < 1.29 is 14.2 Å². The Balaban J connectivity index is 2.51. The van der Waals surface area contributed by atoms with Gasteiger partial charge >= 0.3 is 0 Å². The fourth-order valence-corrected chi connectivity index (χ4v) is 2.79. The van der Waals surface area contributed by atoms with Crippen LogP contribution in [0.15, 0.2) is 40.9 Å². The third kappa shape index (κ3) is 3.27. The third-order valence-electron chi connectivity index (χ3n) is 2.74. The van der Waals surface area contributed by atoms with E-state index in [-0.39, 0.29) is 0 Å². The van der Waals surface area contributed by atoms with E-state index in [2.05, 4.69) is 38.5 Å². The molecule has 0 saturated carbocycles. The lowest BCUT2D eigenvalue weighted by molar-refractivity contribution is 0.213. The topological polar surface area (TPSA) is 29.5 Å². The van der Waals surface area contributed by atoms with Gasteiger partial charge in [0.25, 0.3) is 0 Å². The van der Waals surface area contributed by atoms with Crippen LogP contribution in [0.1, 0.15) is 17.2 Å². The van der Waals surface area contributed by atoms with Crippen molar-refractivity contribution in [3.63, 3.8) is 0 Å². The minimum atomic E-state index is -0.949. The lowest BCUT2D eigenvalue weighted by atomic mass is 10.0. The Bertz CT molecular complexity index is 604. The van der Waals surface area contributed by atoms with Crippen LogP contribution in [0.5, 0.6) is 5.75 Å². The second-order valence-corrected chi connectivity index (χ2v) is 6.05. The van der Waals surface area contributed by atoms with Gasteiger partial charge in [0.05, 0.1) is 7.11 Å². The average molecular weight is 437 g/mol. The van der Waals surface area contributed by atoms with Crippen LogP contribution in [-0.4, -0.2) is 12.2 Å². The van der Waals surface area contributed by atoms with Gasteiger partial charge in [0.15, 0.2) is 0 Å². The highest BCUT2D eigenvalue weighted by atomic mass is 127. The highest BCUT2D eigenvalue weighted by molar-refractivity contribution is 14.1. The largest absolute Gasteiger partial charge is 0.496 e. The minimum absolute atomic E-state index is 0.406. The monoisotopic (exact) mass is 436 g/mol. The van der Waals surface area contributed by atoms with Gasteiger partial charge in [-0.2, -0.15) is 0 Å². The molecule has 2 aromatic carbocycles. The van der Waals surface area contributed by atoms with E-state index < -0.39 is 11.9 Å². The van der Waals surface area contributed by atoms with E-state index in [9.17, 15) is 9.50 Å². The van der Waals surface area contributed by atoms with Crippen molar-refractivity contribution in [2.24, 2.45) is 0 Å². The zero-order valence-corrected chi connectivity index (χ0v) is 13.8. The molecule has 100 valence electrons. The lowest BCUT2D eigenvalue weighted by Gasteiger charge is -2.17. The molecule has 1 unspecified atom stereocenters. The molecule has 0 radical (unpaired) electrons. The Kier molecular flexibility index (Phi) is 4.81. The fraction of sp³-hybridized carbons (Fsp3) is 0.143. The number of benzene rings is 2. The van der Waals surface area contributed by atoms with Crippen molar-refractivity contribution in [3.8, 4) is 5.75 Å². The summed E-state index contributed by atoms with van der Waals surface area (Å²) < 4.78 is 20.3. The fourth-order valence-electron chi connectivity index (χ4n) is 1.81. The molecule has 0 fully saturated rings. The first kappa shape index (κ1) is 14.7. The van der Waals surface area contributed by atoms with E-state index in [1.165, 1.54) is 25.3 Å². The summed E-state index contributed by atoms with van der Waals surface area (Å²) in [6, 6.07) is 9.72. The normalized spacial score (nSPS) is 12.3. The van der Waals surface area contributed by atoms with E-state index in [4.69, 9.17) is 4.74 Å². The smallest absolute Gasteiger partial charge is 0.125 e. The van der Waals surface area contributed by atoms with Crippen molar-refractivity contribution >= 4 is 38.5 Å². The number of aliphatic hydroxyl groups is 1. The minimum Gasteiger partial charge on any atom is -0.496 e. The average Bonchev–Trinajstić information content (AvgIpc) is 2.40. The standard InChI is InChI=1S/C14H11BrFIO2/c1-19-13-5-2-8(16)6-11(13)14(18)10-7-9(17)3-4-12(10)15/h2-7,14,18H,1H3. The Labute approximate surface area is 132 Å². The Morgan fingerprint density at radius 1 is 1.21 bits per heavy atom. The van der Waals surface area contributed by atoms with E-state index in [1.807, 2.05) is 18.2 Å². The molecular formula is C14H11BrFIO2. The summed E-state index contributed by atoms with van der Waals surface area (Å²) >= 11 is 5.56. The van der Waals surface area contributed by atoms with Gasteiger partial charge in [-0.05, 0) is 59.0 Å². The predicted octanol–water partition coefficient (Wildman–Crippen LogP) is 4.28. The summed E-state index contributed by atoms with van der Waals surface area (Å²) in [7, 11) is 1.49. The van der Waals surface area contributed by atoms with Gasteiger partial charge in [-0.1, -0.05) is 15.9 Å². The predicted molar refractivity (Wildman–Crippen MR) is 83.9 cm³/mol. The molecule has 2 nitrogen and oxygen atoms in total. The molecule has 1 atom stereocenters. The number of hydrogen-bond acceptors (Lipinski definition) is 2. The van der Waals surface area contributed by atoms with Crippen LogP contribution in [-0.2, 0) is 0 Å². The molecule has 2 aromatic rings. The van der Waals surface area contributed by atoms with Crippen molar-refractivity contribution in [2.75, 3.05) is 7.11 Å². The zero-order chi connectivity index (χ0) is 14.0. The number of hydrogen-bond donors (Lipinski definition) is 1. The summed E-state index contributed by atoms with van der Waals surface area (Å²) in [6.07, 6.45) is -0.949. The highest BCUT2D eigenvalue weighted by Crippen LogP contribution is 2.34. The van der Waals surface area contributed by atoms with Gasteiger partial charge in [-0.15, -0.1) is 0 Å². The van der Waals surface area contributed by atoms with Gasteiger partial charge in [0, 0.05) is 19.2 Å². The first-order chi connectivity index (χ1) is 9.02. The highest BCUT2D eigenvalue weighted by Gasteiger charge is 2.19. The van der Waals surface area contributed by atoms with Crippen LogP contribution in [0.25, 0.3) is 0 Å². The van der Waals surface area contributed by atoms with Crippen molar-refractivity contribution in [2.45, 2.75) is 6.10 Å². The molecule has 0 saturated heterocycles. The molecule has 19 heavy (non-hydrogen) atoms. The number of aliphatic hydroxyl groups excluding tert-OH is 1. The van der Waals surface area contributed by atoms with Crippen LogP contribution in [0.2, 0.25) is 0 Å². The summed E-state index contributed by atoms with van der Waals surface area (Å²) in [6.45, 7) is 0. The van der Waals surface area contributed by atoms with Crippen LogP contribution >= 0.6 is 38.5 Å². The van der Waals surface area contributed by atoms with E-state index in [1.54, 1.807) is 0 Å². The maximum Gasteiger partial charge on any atom is 0.125 e. The molecule has 2 rings (SSSR count). The zero-order valence-electron chi connectivity index (χ0n) is 10.0. The second-order valence-electron chi connectivity index (χ2n) is 3.95. The quantitative estimate of drug-likeness (QED) is 0.727. The molecule has 0 spiro atoms. The number of methoxy groups -OCH3 is 1. The van der Waals surface area contributed by atoms with Crippen LogP contribution in [0.3, 0.4) is 0 Å². The molecule has 0 aliphatic carbocycles. The lowest BCUT2D eigenvalue weighted by Crippen LogP contribution is -2.04. The Morgan fingerprint density at radius 3 is 2.63 bits per heavy atom. The van der Waals surface area contributed by atoms with Crippen LogP contribution in [0.4, 0.5) is 4.39 Å². The van der Waals surface area contributed by atoms with Gasteiger partial charge in [-0.3, -0.25) is 0 Å². The summed E-state index contributed by atoms with van der Waals surface area (Å²) in [5.74, 6) is 0.0521. The maximum atomic E-state index is 13.4. The van der Waals surface area contributed by atoms with Crippen molar-refractivity contribution in [1.82, 2.24) is 0 Å². The molecule has 0 aliphatic heterocycles.